The Kier molecular flexibility index (Phi) is 4.24. The average molecular weight is 202 g/mol. The third kappa shape index (κ3) is 3.78. The average Bonchev–Trinajstić information content (AvgIpc) is 2.15. The van der Waals surface area contributed by atoms with Crippen LogP contribution in [0.2, 0.25) is 0 Å². The second-order valence-electron chi connectivity index (χ2n) is 2.91. The molecule has 1 saturated heterocycles. The smallest absolute Gasteiger partial charge is 0.233 e. The highest BCUT2D eigenvalue weighted by molar-refractivity contribution is 8.14. The van der Waals surface area contributed by atoms with Crippen LogP contribution in [-0.2, 0) is 9.59 Å². The SMILES string of the molecule is CC(=O)SCC(=O)N1CCNCC1. The summed E-state index contributed by atoms with van der Waals surface area (Å²) in [5, 5.41) is 3.17. The van der Waals surface area contributed by atoms with Crippen LogP contribution in [0.5, 0.6) is 0 Å². The van der Waals surface area contributed by atoms with Crippen molar-refractivity contribution in [3.63, 3.8) is 0 Å². The molecule has 1 aliphatic heterocycles. The molecule has 0 aromatic heterocycles. The van der Waals surface area contributed by atoms with Crippen molar-refractivity contribution in [2.45, 2.75) is 6.92 Å². The molecule has 0 aromatic carbocycles. The fraction of sp³-hybridized carbons (Fsp3) is 0.750. The predicted molar refractivity (Wildman–Crippen MR) is 52.6 cm³/mol. The van der Waals surface area contributed by atoms with Crippen molar-refractivity contribution in [3.05, 3.63) is 0 Å². The predicted octanol–water partition coefficient (Wildman–Crippen LogP) is -0.302. The first-order valence-electron chi connectivity index (χ1n) is 4.32. The van der Waals surface area contributed by atoms with E-state index in [4.69, 9.17) is 0 Å². The van der Waals surface area contributed by atoms with Gasteiger partial charge in [-0.2, -0.15) is 0 Å². The van der Waals surface area contributed by atoms with Crippen molar-refractivity contribution in [3.8, 4) is 0 Å². The largest absolute Gasteiger partial charge is 0.339 e. The highest BCUT2D eigenvalue weighted by Crippen LogP contribution is 2.04. The zero-order valence-electron chi connectivity index (χ0n) is 7.71. The van der Waals surface area contributed by atoms with Gasteiger partial charge in [0.15, 0.2) is 5.12 Å². The minimum Gasteiger partial charge on any atom is -0.339 e. The molecule has 1 fully saturated rings. The molecule has 1 N–H and O–H groups in total. The minimum absolute atomic E-state index is 0.00323. The molecule has 0 unspecified atom stereocenters. The molecule has 1 amide bonds. The molecule has 0 radical (unpaired) electrons. The van der Waals surface area contributed by atoms with E-state index < -0.39 is 0 Å². The Morgan fingerprint density at radius 2 is 2.00 bits per heavy atom. The Balaban J connectivity index is 2.25. The lowest BCUT2D eigenvalue weighted by Crippen LogP contribution is -2.47. The van der Waals surface area contributed by atoms with E-state index in [0.29, 0.717) is 0 Å². The van der Waals surface area contributed by atoms with Crippen molar-refractivity contribution in [2.24, 2.45) is 0 Å². The van der Waals surface area contributed by atoms with E-state index >= 15 is 0 Å². The lowest BCUT2D eigenvalue weighted by molar-refractivity contribution is -0.129. The molecule has 0 atom stereocenters. The molecule has 1 heterocycles. The van der Waals surface area contributed by atoms with Crippen molar-refractivity contribution in [1.29, 1.82) is 0 Å². The van der Waals surface area contributed by atoms with E-state index in [2.05, 4.69) is 5.32 Å². The molecule has 1 rings (SSSR count). The number of hydrogen-bond acceptors (Lipinski definition) is 4. The van der Waals surface area contributed by atoms with E-state index in [1.807, 2.05) is 0 Å². The van der Waals surface area contributed by atoms with Crippen LogP contribution in [0.25, 0.3) is 0 Å². The summed E-state index contributed by atoms with van der Waals surface area (Å²) in [5.41, 5.74) is 0. The van der Waals surface area contributed by atoms with E-state index in [9.17, 15) is 9.59 Å². The zero-order chi connectivity index (χ0) is 9.68. The number of rotatable bonds is 2. The van der Waals surface area contributed by atoms with Crippen LogP contribution in [0.1, 0.15) is 6.92 Å². The molecule has 0 spiro atoms. The van der Waals surface area contributed by atoms with Gasteiger partial charge in [-0.1, -0.05) is 11.8 Å². The lowest BCUT2D eigenvalue weighted by atomic mass is 10.3. The van der Waals surface area contributed by atoms with Gasteiger partial charge >= 0.3 is 0 Å². The molecule has 0 aliphatic carbocycles. The van der Waals surface area contributed by atoms with Crippen molar-refractivity contribution < 1.29 is 9.59 Å². The number of piperazine rings is 1. The van der Waals surface area contributed by atoms with Crippen LogP contribution >= 0.6 is 11.8 Å². The van der Waals surface area contributed by atoms with Crippen LogP contribution in [0.3, 0.4) is 0 Å². The van der Waals surface area contributed by atoms with Crippen LogP contribution in [0.4, 0.5) is 0 Å². The van der Waals surface area contributed by atoms with Gasteiger partial charge in [-0.15, -0.1) is 0 Å². The summed E-state index contributed by atoms with van der Waals surface area (Å²) in [6, 6.07) is 0. The van der Waals surface area contributed by atoms with Crippen molar-refractivity contribution >= 4 is 22.8 Å². The standard InChI is InChI=1S/C8H14N2O2S/c1-7(11)13-6-8(12)10-4-2-9-3-5-10/h9H,2-6H2,1H3. The minimum atomic E-state index is 0.00323. The van der Waals surface area contributed by atoms with Gasteiger partial charge in [-0.05, 0) is 0 Å². The number of nitrogens with one attached hydrogen (secondary N) is 1. The second kappa shape index (κ2) is 5.24. The molecular weight excluding hydrogens is 188 g/mol. The Morgan fingerprint density at radius 3 is 2.54 bits per heavy atom. The summed E-state index contributed by atoms with van der Waals surface area (Å²) >= 11 is 1.08. The molecule has 74 valence electrons. The maximum atomic E-state index is 11.4. The fourth-order valence-electron chi connectivity index (χ4n) is 1.17. The summed E-state index contributed by atoms with van der Waals surface area (Å²) in [6.07, 6.45) is 0. The van der Waals surface area contributed by atoms with E-state index in [1.54, 1.807) is 4.90 Å². The molecule has 13 heavy (non-hydrogen) atoms. The monoisotopic (exact) mass is 202 g/mol. The maximum absolute atomic E-state index is 11.4. The fourth-order valence-corrected chi connectivity index (χ4v) is 1.68. The number of amides is 1. The van der Waals surface area contributed by atoms with Gasteiger partial charge in [-0.3, -0.25) is 9.59 Å². The summed E-state index contributed by atoms with van der Waals surface area (Å²) in [5.74, 6) is 0.358. The van der Waals surface area contributed by atoms with Crippen LogP contribution in [-0.4, -0.2) is 47.9 Å². The van der Waals surface area contributed by atoms with Gasteiger partial charge in [0.05, 0.1) is 5.75 Å². The number of carbonyl (C=O) groups is 2. The summed E-state index contributed by atoms with van der Waals surface area (Å²) in [4.78, 5) is 23.8. The van der Waals surface area contributed by atoms with Gasteiger partial charge in [0.2, 0.25) is 5.91 Å². The topological polar surface area (TPSA) is 49.4 Å². The first-order chi connectivity index (χ1) is 6.20. The van der Waals surface area contributed by atoms with Gasteiger partial charge in [0, 0.05) is 33.1 Å². The summed E-state index contributed by atoms with van der Waals surface area (Å²) in [7, 11) is 0. The molecule has 5 heteroatoms. The third-order valence-electron chi connectivity index (χ3n) is 1.87. The second-order valence-corrected chi connectivity index (χ2v) is 4.06. The Hall–Kier alpha value is -0.550. The highest BCUT2D eigenvalue weighted by atomic mass is 32.2. The van der Waals surface area contributed by atoms with Crippen LogP contribution in [0.15, 0.2) is 0 Å². The molecule has 0 saturated carbocycles. The Labute approximate surface area is 82.0 Å². The first-order valence-corrected chi connectivity index (χ1v) is 5.30. The molecule has 4 nitrogen and oxygen atoms in total. The number of hydrogen-bond donors (Lipinski definition) is 1. The molecule has 1 aliphatic rings. The molecular formula is C8H14N2O2S. The summed E-state index contributed by atoms with van der Waals surface area (Å²) in [6.45, 7) is 4.72. The Morgan fingerprint density at radius 1 is 1.38 bits per heavy atom. The van der Waals surface area contributed by atoms with E-state index in [0.717, 1.165) is 37.9 Å². The lowest BCUT2D eigenvalue weighted by Gasteiger charge is -2.27. The Bertz CT molecular complexity index is 202. The normalized spacial score (nSPS) is 17.2. The van der Waals surface area contributed by atoms with Crippen molar-refractivity contribution in [2.75, 3.05) is 31.9 Å². The van der Waals surface area contributed by atoms with Gasteiger partial charge in [0.25, 0.3) is 0 Å². The van der Waals surface area contributed by atoms with E-state index in [-0.39, 0.29) is 16.8 Å². The molecule has 0 bridgehead atoms. The van der Waals surface area contributed by atoms with Gasteiger partial charge < -0.3 is 10.2 Å². The zero-order valence-corrected chi connectivity index (χ0v) is 8.52. The van der Waals surface area contributed by atoms with Gasteiger partial charge in [0.1, 0.15) is 0 Å². The first kappa shape index (κ1) is 10.5. The third-order valence-corrected chi connectivity index (χ3v) is 2.67. The molecule has 0 aromatic rings. The highest BCUT2D eigenvalue weighted by Gasteiger charge is 2.16. The quantitative estimate of drug-likeness (QED) is 0.668. The van der Waals surface area contributed by atoms with E-state index in [1.165, 1.54) is 6.92 Å². The number of carbonyl (C=O) groups excluding carboxylic acids is 2. The maximum Gasteiger partial charge on any atom is 0.233 e. The van der Waals surface area contributed by atoms with Crippen LogP contribution < -0.4 is 5.32 Å². The van der Waals surface area contributed by atoms with Crippen LogP contribution in [0, 0.1) is 0 Å². The number of nitrogens with zero attached hydrogens (tertiary/aromatic N) is 1. The van der Waals surface area contributed by atoms with Crippen molar-refractivity contribution in [1.82, 2.24) is 10.2 Å². The summed E-state index contributed by atoms with van der Waals surface area (Å²) < 4.78 is 0. The number of thioether (sulfide) groups is 1. The van der Waals surface area contributed by atoms with Gasteiger partial charge in [-0.25, -0.2) is 0 Å².